The topological polar surface area (TPSA) is 66.6 Å². The maximum absolute atomic E-state index is 12.9. The quantitative estimate of drug-likeness (QED) is 0.887. The number of nitrogens with zero attached hydrogens (tertiary/aromatic N) is 2. The third kappa shape index (κ3) is 4.26. The second kappa shape index (κ2) is 6.67. The molecule has 0 aromatic heterocycles. The standard InChI is InChI=1S/C15H20FN3O2/c1-11(20)19-7-6-18(9-13(10-19)15(17)21)8-12-2-4-14(16)5-3-12/h2-5,13H,6-10H2,1H3,(H2,17,21). The number of hydrogen-bond donors (Lipinski definition) is 1. The van der Waals surface area contributed by atoms with Crippen molar-refractivity contribution in [2.75, 3.05) is 26.2 Å². The molecule has 0 bridgehead atoms. The van der Waals surface area contributed by atoms with Crippen molar-refractivity contribution in [1.29, 1.82) is 0 Å². The molecule has 0 aliphatic carbocycles. The molecule has 114 valence electrons. The predicted molar refractivity (Wildman–Crippen MR) is 76.6 cm³/mol. The van der Waals surface area contributed by atoms with Crippen LogP contribution in [0.4, 0.5) is 4.39 Å². The number of amides is 2. The largest absolute Gasteiger partial charge is 0.369 e. The third-order valence-corrected chi connectivity index (χ3v) is 3.77. The fraction of sp³-hybridized carbons (Fsp3) is 0.467. The van der Waals surface area contributed by atoms with Gasteiger partial charge >= 0.3 is 0 Å². The highest BCUT2D eigenvalue weighted by Crippen LogP contribution is 2.13. The first-order valence-corrected chi connectivity index (χ1v) is 6.97. The minimum Gasteiger partial charge on any atom is -0.369 e. The van der Waals surface area contributed by atoms with Crippen LogP contribution >= 0.6 is 0 Å². The molecule has 2 rings (SSSR count). The van der Waals surface area contributed by atoms with Gasteiger partial charge in [-0.15, -0.1) is 0 Å². The van der Waals surface area contributed by atoms with E-state index in [2.05, 4.69) is 4.90 Å². The Kier molecular flexibility index (Phi) is 4.90. The lowest BCUT2D eigenvalue weighted by Crippen LogP contribution is -2.39. The summed E-state index contributed by atoms with van der Waals surface area (Å²) in [5.41, 5.74) is 6.39. The number of primary amides is 1. The van der Waals surface area contributed by atoms with Gasteiger partial charge in [-0.3, -0.25) is 14.5 Å². The van der Waals surface area contributed by atoms with E-state index in [1.165, 1.54) is 19.1 Å². The number of benzene rings is 1. The molecular formula is C15H20FN3O2. The molecule has 1 aromatic carbocycles. The van der Waals surface area contributed by atoms with E-state index in [0.29, 0.717) is 32.7 Å². The monoisotopic (exact) mass is 293 g/mol. The van der Waals surface area contributed by atoms with Crippen LogP contribution < -0.4 is 5.73 Å². The molecule has 1 aliphatic heterocycles. The molecule has 1 unspecified atom stereocenters. The molecule has 1 aromatic rings. The van der Waals surface area contributed by atoms with Crippen molar-refractivity contribution in [1.82, 2.24) is 9.80 Å². The number of nitrogens with two attached hydrogens (primary N) is 1. The van der Waals surface area contributed by atoms with Crippen LogP contribution in [-0.4, -0.2) is 47.8 Å². The van der Waals surface area contributed by atoms with Gasteiger partial charge in [0.1, 0.15) is 5.82 Å². The molecule has 0 spiro atoms. The first kappa shape index (κ1) is 15.4. The molecule has 0 radical (unpaired) electrons. The molecular weight excluding hydrogens is 273 g/mol. The molecule has 2 amide bonds. The molecule has 6 heteroatoms. The van der Waals surface area contributed by atoms with Crippen molar-refractivity contribution in [3.8, 4) is 0 Å². The third-order valence-electron chi connectivity index (χ3n) is 3.77. The Bertz CT molecular complexity index is 518. The van der Waals surface area contributed by atoms with E-state index in [1.54, 1.807) is 17.0 Å². The van der Waals surface area contributed by atoms with E-state index in [-0.39, 0.29) is 17.6 Å². The molecule has 2 N–H and O–H groups in total. The van der Waals surface area contributed by atoms with Gasteiger partial charge in [0.05, 0.1) is 5.92 Å². The SMILES string of the molecule is CC(=O)N1CCN(Cc2ccc(F)cc2)CC(C(N)=O)C1. The molecule has 1 atom stereocenters. The van der Waals surface area contributed by atoms with Gasteiger partial charge in [-0.25, -0.2) is 4.39 Å². The second-order valence-corrected chi connectivity index (χ2v) is 5.43. The van der Waals surface area contributed by atoms with Gasteiger partial charge in [0, 0.05) is 39.6 Å². The summed E-state index contributed by atoms with van der Waals surface area (Å²) in [6.07, 6.45) is 0. The Balaban J connectivity index is 2.07. The highest BCUT2D eigenvalue weighted by atomic mass is 19.1. The minimum absolute atomic E-state index is 0.0510. The molecule has 21 heavy (non-hydrogen) atoms. The van der Waals surface area contributed by atoms with Gasteiger partial charge in [-0.05, 0) is 17.7 Å². The Morgan fingerprint density at radius 1 is 1.24 bits per heavy atom. The zero-order valence-corrected chi connectivity index (χ0v) is 12.1. The average Bonchev–Trinajstić information content (AvgIpc) is 2.64. The Labute approximate surface area is 123 Å². The van der Waals surface area contributed by atoms with Gasteiger partial charge in [0.25, 0.3) is 0 Å². The molecule has 1 heterocycles. The summed E-state index contributed by atoms with van der Waals surface area (Å²) in [6.45, 7) is 4.21. The summed E-state index contributed by atoms with van der Waals surface area (Å²) in [7, 11) is 0. The van der Waals surface area contributed by atoms with Crippen molar-refractivity contribution < 1.29 is 14.0 Å². The van der Waals surface area contributed by atoms with E-state index in [4.69, 9.17) is 5.73 Å². The van der Waals surface area contributed by atoms with Crippen LogP contribution in [-0.2, 0) is 16.1 Å². The molecule has 0 saturated carbocycles. The lowest BCUT2D eigenvalue weighted by molar-refractivity contribution is -0.130. The predicted octanol–water partition coefficient (Wildman–Crippen LogP) is 0.591. The Hall–Kier alpha value is -1.95. The Morgan fingerprint density at radius 2 is 1.90 bits per heavy atom. The van der Waals surface area contributed by atoms with Crippen molar-refractivity contribution in [2.45, 2.75) is 13.5 Å². The van der Waals surface area contributed by atoms with Gasteiger partial charge in [0.2, 0.25) is 11.8 Å². The lowest BCUT2D eigenvalue weighted by atomic mass is 10.1. The lowest BCUT2D eigenvalue weighted by Gasteiger charge is -2.22. The van der Waals surface area contributed by atoms with Crippen LogP contribution in [0.1, 0.15) is 12.5 Å². The van der Waals surface area contributed by atoms with Crippen LogP contribution in [0.25, 0.3) is 0 Å². The second-order valence-electron chi connectivity index (χ2n) is 5.43. The zero-order valence-electron chi connectivity index (χ0n) is 12.1. The van der Waals surface area contributed by atoms with E-state index < -0.39 is 5.91 Å². The average molecular weight is 293 g/mol. The van der Waals surface area contributed by atoms with Gasteiger partial charge < -0.3 is 10.6 Å². The summed E-state index contributed by atoms with van der Waals surface area (Å²) in [4.78, 5) is 26.8. The fourth-order valence-corrected chi connectivity index (χ4v) is 2.54. The van der Waals surface area contributed by atoms with Crippen LogP contribution in [0.3, 0.4) is 0 Å². The summed E-state index contributed by atoms with van der Waals surface area (Å²) in [6, 6.07) is 6.28. The smallest absolute Gasteiger partial charge is 0.223 e. The molecule has 1 aliphatic rings. The first-order chi connectivity index (χ1) is 9.95. The van der Waals surface area contributed by atoms with Crippen LogP contribution in [0, 0.1) is 11.7 Å². The maximum Gasteiger partial charge on any atom is 0.223 e. The highest BCUT2D eigenvalue weighted by Gasteiger charge is 2.27. The van der Waals surface area contributed by atoms with Gasteiger partial charge in [0.15, 0.2) is 0 Å². The number of carbonyl (C=O) groups is 2. The van der Waals surface area contributed by atoms with E-state index in [9.17, 15) is 14.0 Å². The number of rotatable bonds is 3. The van der Waals surface area contributed by atoms with E-state index >= 15 is 0 Å². The van der Waals surface area contributed by atoms with E-state index in [0.717, 1.165) is 5.56 Å². The zero-order chi connectivity index (χ0) is 15.4. The normalized spacial score (nSPS) is 20.1. The molecule has 1 saturated heterocycles. The molecule has 1 fully saturated rings. The first-order valence-electron chi connectivity index (χ1n) is 6.97. The summed E-state index contributed by atoms with van der Waals surface area (Å²) in [5.74, 6) is -1.10. The highest BCUT2D eigenvalue weighted by molar-refractivity contribution is 5.79. The van der Waals surface area contributed by atoms with E-state index in [1.807, 2.05) is 0 Å². The maximum atomic E-state index is 12.9. The fourth-order valence-electron chi connectivity index (χ4n) is 2.54. The Morgan fingerprint density at radius 3 is 2.48 bits per heavy atom. The van der Waals surface area contributed by atoms with Crippen LogP contribution in [0.15, 0.2) is 24.3 Å². The molecule has 5 nitrogen and oxygen atoms in total. The summed E-state index contributed by atoms with van der Waals surface area (Å²) >= 11 is 0. The van der Waals surface area contributed by atoms with Crippen molar-refractivity contribution in [2.24, 2.45) is 11.7 Å². The minimum atomic E-state index is -0.396. The number of halogens is 1. The van der Waals surface area contributed by atoms with Crippen molar-refractivity contribution >= 4 is 11.8 Å². The van der Waals surface area contributed by atoms with Gasteiger partial charge in [-0.1, -0.05) is 12.1 Å². The van der Waals surface area contributed by atoms with Crippen LogP contribution in [0.2, 0.25) is 0 Å². The summed E-state index contributed by atoms with van der Waals surface area (Å²) < 4.78 is 12.9. The van der Waals surface area contributed by atoms with Crippen molar-refractivity contribution in [3.05, 3.63) is 35.6 Å². The number of hydrogen-bond acceptors (Lipinski definition) is 3. The number of carbonyl (C=O) groups excluding carboxylic acids is 2. The van der Waals surface area contributed by atoms with Gasteiger partial charge in [-0.2, -0.15) is 0 Å². The van der Waals surface area contributed by atoms with Crippen molar-refractivity contribution in [3.63, 3.8) is 0 Å². The summed E-state index contributed by atoms with van der Waals surface area (Å²) in [5, 5.41) is 0. The van der Waals surface area contributed by atoms with Crippen LogP contribution in [0.5, 0.6) is 0 Å².